The molecule has 3 amide bonds. The van der Waals surface area contributed by atoms with Crippen molar-refractivity contribution < 1.29 is 19.1 Å². The highest BCUT2D eigenvalue weighted by Crippen LogP contribution is 2.42. The van der Waals surface area contributed by atoms with Crippen LogP contribution in [0.1, 0.15) is 52.0 Å². The number of hydrogen-bond donors (Lipinski definition) is 2. The summed E-state index contributed by atoms with van der Waals surface area (Å²) in [6, 6.07) is 5.51. The van der Waals surface area contributed by atoms with Gasteiger partial charge in [0.15, 0.2) is 11.5 Å². The first-order chi connectivity index (χ1) is 13.7. The van der Waals surface area contributed by atoms with Crippen molar-refractivity contribution in [2.45, 2.75) is 52.0 Å². The second-order valence-corrected chi connectivity index (χ2v) is 8.53. The molecule has 29 heavy (non-hydrogen) atoms. The number of urea groups is 1. The van der Waals surface area contributed by atoms with Gasteiger partial charge in [-0.3, -0.25) is 4.79 Å². The molecule has 7 heteroatoms. The zero-order chi connectivity index (χ0) is 21.6. The van der Waals surface area contributed by atoms with E-state index in [1.165, 1.54) is 0 Å². The van der Waals surface area contributed by atoms with Gasteiger partial charge in [0.25, 0.3) is 0 Å². The number of para-hydroxylation sites is 1. The summed E-state index contributed by atoms with van der Waals surface area (Å²) in [5.41, 5.74) is 0.537. The Hall–Kier alpha value is -2.44. The first-order valence-electron chi connectivity index (χ1n) is 10.3. The van der Waals surface area contributed by atoms with Crippen LogP contribution < -0.4 is 20.1 Å². The Morgan fingerprint density at radius 1 is 1.17 bits per heavy atom. The molecular formula is C22H35N3O4. The van der Waals surface area contributed by atoms with Gasteiger partial charge in [-0.15, -0.1) is 0 Å². The molecule has 0 bridgehead atoms. The van der Waals surface area contributed by atoms with E-state index in [2.05, 4.69) is 17.6 Å². The van der Waals surface area contributed by atoms with E-state index in [4.69, 9.17) is 9.47 Å². The van der Waals surface area contributed by atoms with Crippen LogP contribution in [0, 0.1) is 5.92 Å². The third kappa shape index (κ3) is 5.78. The van der Waals surface area contributed by atoms with Crippen LogP contribution in [-0.4, -0.2) is 56.2 Å². The van der Waals surface area contributed by atoms with Gasteiger partial charge in [0.2, 0.25) is 5.91 Å². The molecule has 1 aliphatic heterocycles. The number of nitrogens with zero attached hydrogens (tertiary/aromatic N) is 1. The summed E-state index contributed by atoms with van der Waals surface area (Å²) in [5, 5.41) is 6.03. The fraction of sp³-hybridized carbons (Fsp3) is 0.636. The summed E-state index contributed by atoms with van der Waals surface area (Å²) in [7, 11) is 3.19. The lowest BCUT2D eigenvalue weighted by Gasteiger charge is -2.25. The van der Waals surface area contributed by atoms with Crippen molar-refractivity contribution in [3.8, 4) is 11.5 Å². The van der Waals surface area contributed by atoms with Crippen molar-refractivity contribution in [2.75, 3.05) is 33.9 Å². The molecule has 2 rings (SSSR count). The van der Waals surface area contributed by atoms with Crippen LogP contribution in [0.2, 0.25) is 0 Å². The van der Waals surface area contributed by atoms with Gasteiger partial charge in [0.1, 0.15) is 0 Å². The molecule has 1 fully saturated rings. The molecule has 2 atom stereocenters. The number of nitrogens with one attached hydrogen (secondary N) is 2. The van der Waals surface area contributed by atoms with Crippen molar-refractivity contribution in [3.63, 3.8) is 0 Å². The maximum Gasteiger partial charge on any atom is 0.317 e. The van der Waals surface area contributed by atoms with Crippen molar-refractivity contribution in [2.24, 2.45) is 5.92 Å². The summed E-state index contributed by atoms with van der Waals surface area (Å²) in [6.07, 6.45) is 1.94. The molecular weight excluding hydrogens is 370 g/mol. The van der Waals surface area contributed by atoms with Gasteiger partial charge in [-0.1, -0.05) is 25.5 Å². The van der Waals surface area contributed by atoms with E-state index in [1.807, 2.05) is 39.0 Å². The van der Waals surface area contributed by atoms with Crippen LogP contribution in [-0.2, 0) is 4.79 Å². The van der Waals surface area contributed by atoms with E-state index in [0.717, 1.165) is 18.4 Å². The van der Waals surface area contributed by atoms with E-state index >= 15 is 0 Å². The van der Waals surface area contributed by atoms with Gasteiger partial charge in [0, 0.05) is 36.7 Å². The van der Waals surface area contributed by atoms with Crippen molar-refractivity contribution in [3.05, 3.63) is 23.8 Å². The monoisotopic (exact) mass is 405 g/mol. The second-order valence-electron chi connectivity index (χ2n) is 8.53. The van der Waals surface area contributed by atoms with Gasteiger partial charge in [-0.2, -0.15) is 0 Å². The third-order valence-electron chi connectivity index (χ3n) is 5.09. The zero-order valence-corrected chi connectivity index (χ0v) is 18.5. The largest absolute Gasteiger partial charge is 0.493 e. The molecule has 0 unspecified atom stereocenters. The minimum absolute atomic E-state index is 0.0284. The Labute approximate surface area is 174 Å². The van der Waals surface area contributed by atoms with E-state index in [1.54, 1.807) is 19.1 Å². The van der Waals surface area contributed by atoms with Crippen LogP contribution in [0.4, 0.5) is 4.79 Å². The summed E-state index contributed by atoms with van der Waals surface area (Å²) in [6.45, 7) is 9.36. The molecule has 1 saturated heterocycles. The number of rotatable bonds is 7. The molecule has 1 heterocycles. The highest BCUT2D eigenvalue weighted by molar-refractivity contribution is 5.83. The Balaban J connectivity index is 2.33. The fourth-order valence-electron chi connectivity index (χ4n) is 3.67. The molecule has 0 spiro atoms. The molecule has 1 aliphatic rings. The van der Waals surface area contributed by atoms with E-state index in [0.29, 0.717) is 31.1 Å². The Bertz CT molecular complexity index is 714. The van der Waals surface area contributed by atoms with Crippen LogP contribution in [0.5, 0.6) is 11.5 Å². The Kier molecular flexibility index (Phi) is 7.76. The first-order valence-corrected chi connectivity index (χ1v) is 10.3. The first kappa shape index (κ1) is 22.8. The number of amides is 3. The lowest BCUT2D eigenvalue weighted by atomic mass is 9.87. The predicted molar refractivity (Wildman–Crippen MR) is 114 cm³/mol. The van der Waals surface area contributed by atoms with Crippen molar-refractivity contribution in [1.29, 1.82) is 0 Å². The quantitative estimate of drug-likeness (QED) is 0.683. The molecule has 0 aromatic heterocycles. The Morgan fingerprint density at radius 2 is 1.90 bits per heavy atom. The molecule has 0 radical (unpaired) electrons. The number of benzene rings is 1. The molecule has 2 N–H and O–H groups in total. The number of carbonyl (C=O) groups is 2. The van der Waals surface area contributed by atoms with Gasteiger partial charge in [0.05, 0.1) is 20.1 Å². The minimum Gasteiger partial charge on any atom is -0.493 e. The van der Waals surface area contributed by atoms with E-state index in [-0.39, 0.29) is 29.3 Å². The topological polar surface area (TPSA) is 79.9 Å². The maximum absolute atomic E-state index is 13.0. The summed E-state index contributed by atoms with van der Waals surface area (Å²) < 4.78 is 11.0. The van der Waals surface area contributed by atoms with Crippen LogP contribution in [0.25, 0.3) is 0 Å². The summed E-state index contributed by atoms with van der Waals surface area (Å²) in [4.78, 5) is 27.5. The van der Waals surface area contributed by atoms with E-state index < -0.39 is 0 Å². The average Bonchev–Trinajstić information content (AvgIpc) is 3.11. The zero-order valence-electron chi connectivity index (χ0n) is 18.5. The van der Waals surface area contributed by atoms with Crippen LogP contribution in [0.3, 0.4) is 0 Å². The van der Waals surface area contributed by atoms with Gasteiger partial charge in [-0.25, -0.2) is 4.79 Å². The van der Waals surface area contributed by atoms with Gasteiger partial charge < -0.3 is 25.0 Å². The molecule has 7 nitrogen and oxygen atoms in total. The summed E-state index contributed by atoms with van der Waals surface area (Å²) in [5.74, 6) is 0.683. The second kappa shape index (κ2) is 9.85. The standard InChI is InChI=1S/C22H35N3O4/c1-7-8-12-23-20(26)17-14-25(21(27)24-22(2,3)4)13-16(17)15-10-9-11-18(28-5)19(15)29-6/h9-11,16-17H,7-8,12-14H2,1-6H3,(H,23,26)(H,24,27)/t16-,17-/m0/s1. The van der Waals surface area contributed by atoms with Crippen molar-refractivity contribution in [1.82, 2.24) is 15.5 Å². The lowest BCUT2D eigenvalue weighted by molar-refractivity contribution is -0.124. The van der Waals surface area contributed by atoms with Gasteiger partial charge in [-0.05, 0) is 33.3 Å². The fourth-order valence-corrected chi connectivity index (χ4v) is 3.67. The average molecular weight is 406 g/mol. The number of methoxy groups -OCH3 is 2. The molecule has 162 valence electrons. The van der Waals surface area contributed by atoms with E-state index in [9.17, 15) is 9.59 Å². The Morgan fingerprint density at radius 3 is 2.48 bits per heavy atom. The van der Waals surface area contributed by atoms with Crippen LogP contribution >= 0.6 is 0 Å². The summed E-state index contributed by atoms with van der Waals surface area (Å²) >= 11 is 0. The molecule has 1 aromatic rings. The lowest BCUT2D eigenvalue weighted by Crippen LogP contribution is -2.48. The van der Waals surface area contributed by atoms with Crippen molar-refractivity contribution >= 4 is 11.9 Å². The molecule has 0 aliphatic carbocycles. The smallest absolute Gasteiger partial charge is 0.317 e. The number of hydrogen-bond acceptors (Lipinski definition) is 4. The van der Waals surface area contributed by atoms with Crippen LogP contribution in [0.15, 0.2) is 18.2 Å². The number of carbonyl (C=O) groups excluding carboxylic acids is 2. The molecule has 1 aromatic carbocycles. The predicted octanol–water partition coefficient (Wildman–Crippen LogP) is 3.14. The van der Waals surface area contributed by atoms with Gasteiger partial charge >= 0.3 is 6.03 Å². The SMILES string of the molecule is CCCCNC(=O)[C@H]1CN(C(=O)NC(C)(C)C)C[C@H]1c1cccc(OC)c1OC. The number of ether oxygens (including phenoxy) is 2. The highest BCUT2D eigenvalue weighted by atomic mass is 16.5. The molecule has 0 saturated carbocycles. The number of unbranched alkanes of at least 4 members (excludes halogenated alkanes) is 1. The maximum atomic E-state index is 13.0. The minimum atomic E-state index is -0.349. The highest BCUT2D eigenvalue weighted by Gasteiger charge is 2.42. The normalized spacial score (nSPS) is 19.0. The third-order valence-corrected chi connectivity index (χ3v) is 5.09. The number of likely N-dealkylation sites (tertiary alicyclic amines) is 1.